The maximum atomic E-state index is 12.9. The van der Waals surface area contributed by atoms with Crippen molar-refractivity contribution in [3.05, 3.63) is 30.1 Å². The van der Waals surface area contributed by atoms with Crippen molar-refractivity contribution in [2.24, 2.45) is 0 Å². The van der Waals surface area contributed by atoms with Crippen LogP contribution in [0.5, 0.6) is 0 Å². The average molecular weight is 286 g/mol. The molecule has 2 aliphatic heterocycles. The summed E-state index contributed by atoms with van der Waals surface area (Å²) in [6.45, 7) is 0. The van der Waals surface area contributed by atoms with Gasteiger partial charge >= 0.3 is 0 Å². The molecule has 2 atom stereocenters. The van der Waals surface area contributed by atoms with Crippen LogP contribution in [-0.4, -0.2) is 36.4 Å². The molecule has 1 N–H and O–H groups in total. The lowest BCUT2D eigenvalue weighted by Crippen LogP contribution is -2.37. The van der Waals surface area contributed by atoms with E-state index in [9.17, 15) is 12.8 Å². The van der Waals surface area contributed by atoms with E-state index in [0.29, 0.717) is 10.9 Å². The normalized spacial score (nSPS) is 29.6. The Balaban J connectivity index is 1.96. The fraction of sp³-hybridized carbons (Fsp3) is 0.364. The Labute approximate surface area is 109 Å². The van der Waals surface area contributed by atoms with Gasteiger partial charge in [0.2, 0.25) is 0 Å². The summed E-state index contributed by atoms with van der Waals surface area (Å²) in [6, 6.07) is 5.61. The van der Waals surface area contributed by atoms with Crippen molar-refractivity contribution in [2.45, 2.75) is 11.3 Å². The van der Waals surface area contributed by atoms with E-state index < -0.39 is 9.84 Å². The molecule has 2 fully saturated rings. The standard InChI is InChI=1S/C11H11FN2O2S2/c12-7-1-3-8(4-2-7)14-9-5-18(15,16)6-10(9)17-11(14)13/h1-4,9-10,13H,5-6H2/t9-,10-/m1/s1. The second-order valence-electron chi connectivity index (χ2n) is 4.45. The molecule has 2 saturated heterocycles. The summed E-state index contributed by atoms with van der Waals surface area (Å²) >= 11 is 1.28. The van der Waals surface area contributed by atoms with E-state index in [4.69, 9.17) is 5.41 Å². The van der Waals surface area contributed by atoms with Crippen LogP contribution in [0.1, 0.15) is 0 Å². The number of nitrogens with one attached hydrogen (secondary N) is 1. The molecule has 1 aromatic carbocycles. The molecule has 0 unspecified atom stereocenters. The number of halogens is 1. The van der Waals surface area contributed by atoms with Crippen LogP contribution in [-0.2, 0) is 9.84 Å². The van der Waals surface area contributed by atoms with Crippen molar-refractivity contribution < 1.29 is 12.8 Å². The largest absolute Gasteiger partial charge is 0.316 e. The van der Waals surface area contributed by atoms with E-state index in [0.717, 1.165) is 0 Å². The van der Waals surface area contributed by atoms with Crippen molar-refractivity contribution in [2.75, 3.05) is 16.4 Å². The van der Waals surface area contributed by atoms with Crippen molar-refractivity contribution in [1.82, 2.24) is 0 Å². The first-order chi connectivity index (χ1) is 8.46. The number of hydrogen-bond donors (Lipinski definition) is 1. The number of benzene rings is 1. The topological polar surface area (TPSA) is 61.2 Å². The van der Waals surface area contributed by atoms with Crippen molar-refractivity contribution in [3.8, 4) is 0 Å². The number of hydrogen-bond acceptors (Lipinski definition) is 4. The van der Waals surface area contributed by atoms with Crippen LogP contribution in [0.25, 0.3) is 0 Å². The highest BCUT2D eigenvalue weighted by Gasteiger charge is 2.48. The van der Waals surface area contributed by atoms with Gasteiger partial charge in [0.25, 0.3) is 0 Å². The molecule has 0 aromatic heterocycles. The molecule has 0 saturated carbocycles. The summed E-state index contributed by atoms with van der Waals surface area (Å²) in [5.74, 6) is -0.139. The van der Waals surface area contributed by atoms with Gasteiger partial charge in [-0.2, -0.15) is 0 Å². The Morgan fingerprint density at radius 1 is 1.28 bits per heavy atom. The number of anilines is 1. The number of sulfone groups is 1. The van der Waals surface area contributed by atoms with E-state index in [1.54, 1.807) is 17.0 Å². The SMILES string of the molecule is N=C1S[C@@H]2CS(=O)(=O)C[C@H]2N1c1ccc(F)cc1. The molecule has 96 valence electrons. The fourth-order valence-electron chi connectivity index (χ4n) is 2.41. The zero-order valence-electron chi connectivity index (χ0n) is 9.34. The van der Waals surface area contributed by atoms with Crippen LogP contribution in [0.15, 0.2) is 24.3 Å². The average Bonchev–Trinajstić information content (AvgIpc) is 2.70. The molecular weight excluding hydrogens is 275 g/mol. The van der Waals surface area contributed by atoms with Crippen LogP contribution in [0, 0.1) is 11.2 Å². The fourth-order valence-corrected chi connectivity index (χ4v) is 6.20. The van der Waals surface area contributed by atoms with E-state index >= 15 is 0 Å². The third kappa shape index (κ3) is 1.91. The van der Waals surface area contributed by atoms with Crippen LogP contribution in [0.3, 0.4) is 0 Å². The Morgan fingerprint density at radius 3 is 2.61 bits per heavy atom. The highest BCUT2D eigenvalue weighted by atomic mass is 32.2. The predicted molar refractivity (Wildman–Crippen MR) is 70.4 cm³/mol. The van der Waals surface area contributed by atoms with E-state index in [1.807, 2.05) is 0 Å². The number of fused-ring (bicyclic) bond motifs is 1. The molecule has 18 heavy (non-hydrogen) atoms. The summed E-state index contributed by atoms with van der Waals surface area (Å²) in [5, 5.41) is 8.19. The van der Waals surface area contributed by atoms with Gasteiger partial charge in [0.05, 0.1) is 17.5 Å². The molecular formula is C11H11FN2O2S2. The molecule has 4 nitrogen and oxygen atoms in total. The number of rotatable bonds is 1. The van der Waals surface area contributed by atoms with E-state index in [2.05, 4.69) is 0 Å². The van der Waals surface area contributed by atoms with E-state index in [1.165, 1.54) is 23.9 Å². The Morgan fingerprint density at radius 2 is 1.94 bits per heavy atom. The van der Waals surface area contributed by atoms with Crippen molar-refractivity contribution in [3.63, 3.8) is 0 Å². The van der Waals surface area contributed by atoms with Crippen molar-refractivity contribution in [1.29, 1.82) is 5.41 Å². The van der Waals surface area contributed by atoms with Gasteiger partial charge in [0, 0.05) is 10.9 Å². The van der Waals surface area contributed by atoms with Gasteiger partial charge in [0.1, 0.15) is 5.82 Å². The number of amidine groups is 1. The molecule has 0 radical (unpaired) electrons. The van der Waals surface area contributed by atoms with Gasteiger partial charge in [-0.1, -0.05) is 11.8 Å². The summed E-state index contributed by atoms with van der Waals surface area (Å²) in [4.78, 5) is 1.69. The smallest absolute Gasteiger partial charge is 0.161 e. The lowest BCUT2D eigenvalue weighted by molar-refractivity contribution is 0.601. The lowest BCUT2D eigenvalue weighted by atomic mass is 10.2. The van der Waals surface area contributed by atoms with Gasteiger partial charge in [-0.15, -0.1) is 0 Å². The minimum absolute atomic E-state index is 0.0738. The lowest BCUT2D eigenvalue weighted by Gasteiger charge is -2.23. The molecule has 0 aliphatic carbocycles. The Hall–Kier alpha value is -1.08. The molecule has 0 spiro atoms. The molecule has 3 rings (SSSR count). The van der Waals surface area contributed by atoms with Crippen LogP contribution in [0.4, 0.5) is 10.1 Å². The van der Waals surface area contributed by atoms with Gasteiger partial charge in [-0.05, 0) is 24.3 Å². The number of nitrogens with zero attached hydrogens (tertiary/aromatic N) is 1. The van der Waals surface area contributed by atoms with Crippen LogP contribution < -0.4 is 4.90 Å². The molecule has 7 heteroatoms. The zero-order valence-corrected chi connectivity index (χ0v) is 11.0. The first-order valence-corrected chi connectivity index (χ1v) is 8.17. The molecule has 1 aromatic rings. The highest BCUT2D eigenvalue weighted by Crippen LogP contribution is 2.40. The van der Waals surface area contributed by atoms with Gasteiger partial charge < -0.3 is 4.90 Å². The molecule has 0 amide bonds. The first-order valence-electron chi connectivity index (χ1n) is 5.47. The highest BCUT2D eigenvalue weighted by molar-refractivity contribution is 8.15. The summed E-state index contributed by atoms with van der Waals surface area (Å²) in [6.07, 6.45) is 0. The van der Waals surface area contributed by atoms with Crippen LogP contribution in [0.2, 0.25) is 0 Å². The van der Waals surface area contributed by atoms with E-state index in [-0.39, 0.29) is 28.6 Å². The van der Waals surface area contributed by atoms with Gasteiger partial charge in [0.15, 0.2) is 15.0 Å². The third-order valence-corrected chi connectivity index (χ3v) is 6.32. The Bertz CT molecular complexity index is 600. The maximum absolute atomic E-state index is 12.9. The van der Waals surface area contributed by atoms with Crippen molar-refractivity contribution >= 4 is 32.5 Å². The second-order valence-corrected chi connectivity index (χ2v) is 7.83. The van der Waals surface area contributed by atoms with Crippen LogP contribution >= 0.6 is 11.8 Å². The molecule has 0 bridgehead atoms. The summed E-state index contributed by atoms with van der Waals surface area (Å²) < 4.78 is 36.1. The minimum Gasteiger partial charge on any atom is -0.316 e. The molecule has 2 aliphatic rings. The van der Waals surface area contributed by atoms with Gasteiger partial charge in [-0.25, -0.2) is 12.8 Å². The third-order valence-electron chi connectivity index (χ3n) is 3.19. The maximum Gasteiger partial charge on any atom is 0.161 e. The van der Waals surface area contributed by atoms with Gasteiger partial charge in [-0.3, -0.25) is 5.41 Å². The summed E-state index contributed by atoms with van der Waals surface area (Å²) in [7, 11) is -3.01. The summed E-state index contributed by atoms with van der Waals surface area (Å²) in [5.41, 5.74) is 0.679. The first kappa shape index (κ1) is 12.0. The second kappa shape index (κ2) is 3.96. The monoisotopic (exact) mass is 286 g/mol. The zero-order chi connectivity index (χ0) is 12.9. The predicted octanol–water partition coefficient (Wildman–Crippen LogP) is 1.48. The Kier molecular flexibility index (Phi) is 2.63. The number of thioether (sulfide) groups is 1. The molecule has 2 heterocycles. The minimum atomic E-state index is -3.01. The quantitative estimate of drug-likeness (QED) is 0.849.